The number of likely N-dealkylation sites (tertiary alicyclic amines) is 1. The number of aliphatic hydroxyl groups excluding tert-OH is 2. The van der Waals surface area contributed by atoms with Gasteiger partial charge in [0.2, 0.25) is 5.91 Å². The number of hydrogen-bond acceptors (Lipinski definition) is 3. The van der Waals surface area contributed by atoms with Gasteiger partial charge < -0.3 is 15.1 Å². The highest BCUT2D eigenvalue weighted by Crippen LogP contribution is 2.48. The zero-order chi connectivity index (χ0) is 23.6. The van der Waals surface area contributed by atoms with Gasteiger partial charge in [-0.3, -0.25) is 4.79 Å². The maximum Gasteiger partial charge on any atom is 0.222 e. The minimum Gasteiger partial charge on any atom is -0.392 e. The molecule has 1 heterocycles. The molecule has 0 unspecified atom stereocenters. The molecule has 2 N–H and O–H groups in total. The topological polar surface area (TPSA) is 60.8 Å². The third kappa shape index (κ3) is 8.24. The van der Waals surface area contributed by atoms with Crippen molar-refractivity contribution < 1.29 is 15.0 Å². The summed E-state index contributed by atoms with van der Waals surface area (Å²) in [5.74, 6) is 2.06. The van der Waals surface area contributed by atoms with Crippen molar-refractivity contribution >= 4 is 5.91 Å². The van der Waals surface area contributed by atoms with Gasteiger partial charge >= 0.3 is 0 Å². The molecule has 0 spiro atoms. The number of aliphatic hydroxyl groups is 2. The van der Waals surface area contributed by atoms with Gasteiger partial charge in [0.15, 0.2) is 0 Å². The van der Waals surface area contributed by atoms with Crippen LogP contribution in [0.1, 0.15) is 104 Å². The molecule has 0 aromatic carbocycles. The number of allylic oxidation sites excluding steroid dienone is 2. The predicted molar refractivity (Wildman–Crippen MR) is 136 cm³/mol. The minimum absolute atomic E-state index is 0.173. The Kier molecular flexibility index (Phi) is 11.0. The Morgan fingerprint density at radius 2 is 1.97 bits per heavy atom. The van der Waals surface area contributed by atoms with Crippen molar-refractivity contribution in [2.24, 2.45) is 23.7 Å². The van der Waals surface area contributed by atoms with Crippen molar-refractivity contribution in [1.82, 2.24) is 4.90 Å². The molecule has 1 saturated carbocycles. The summed E-state index contributed by atoms with van der Waals surface area (Å²) in [6.07, 6.45) is 21.0. The molecule has 0 radical (unpaired) electrons. The second-order valence-electron chi connectivity index (χ2n) is 11.2. The van der Waals surface area contributed by atoms with Gasteiger partial charge in [-0.1, -0.05) is 63.3 Å². The van der Waals surface area contributed by atoms with Crippen molar-refractivity contribution in [2.75, 3.05) is 13.1 Å². The van der Waals surface area contributed by atoms with Gasteiger partial charge in [-0.15, -0.1) is 0 Å². The van der Waals surface area contributed by atoms with Crippen molar-refractivity contribution in [3.63, 3.8) is 0 Å². The Hall–Kier alpha value is -1.13. The summed E-state index contributed by atoms with van der Waals surface area (Å²) in [6.45, 7) is 6.36. The van der Waals surface area contributed by atoms with Crippen LogP contribution in [0.2, 0.25) is 0 Å². The fraction of sp³-hybridized carbons (Fsp3) is 0.828. The number of piperidine rings is 1. The lowest BCUT2D eigenvalue weighted by Crippen LogP contribution is -2.35. The number of hydrogen-bond donors (Lipinski definition) is 2. The number of carbonyl (C=O) groups is 1. The number of nitrogens with zero attached hydrogens (tertiary/aromatic N) is 1. The number of amides is 1. The lowest BCUT2D eigenvalue weighted by molar-refractivity contribution is -0.132. The zero-order valence-electron chi connectivity index (χ0n) is 21.3. The van der Waals surface area contributed by atoms with Crippen LogP contribution in [-0.4, -0.2) is 46.3 Å². The monoisotopic (exact) mass is 459 g/mol. The van der Waals surface area contributed by atoms with Crippen LogP contribution in [0.25, 0.3) is 0 Å². The first-order valence-electron chi connectivity index (χ1n) is 14.0. The van der Waals surface area contributed by atoms with E-state index in [1.807, 2.05) is 6.08 Å². The summed E-state index contributed by atoms with van der Waals surface area (Å²) in [5.41, 5.74) is 1.55. The lowest BCUT2D eigenvalue weighted by Gasteiger charge is -2.26. The van der Waals surface area contributed by atoms with Gasteiger partial charge in [0.1, 0.15) is 0 Å². The molecule has 0 aromatic rings. The Balaban J connectivity index is 1.34. The summed E-state index contributed by atoms with van der Waals surface area (Å²) in [4.78, 5) is 14.4. The van der Waals surface area contributed by atoms with Crippen LogP contribution < -0.4 is 0 Å². The van der Waals surface area contributed by atoms with Crippen molar-refractivity contribution in [1.29, 1.82) is 0 Å². The van der Waals surface area contributed by atoms with E-state index < -0.39 is 6.10 Å². The van der Waals surface area contributed by atoms with E-state index in [1.165, 1.54) is 38.5 Å². The molecule has 0 bridgehead atoms. The van der Waals surface area contributed by atoms with E-state index in [4.69, 9.17) is 0 Å². The number of rotatable bonds is 13. The molecule has 1 amide bonds. The summed E-state index contributed by atoms with van der Waals surface area (Å²) in [7, 11) is 0. The summed E-state index contributed by atoms with van der Waals surface area (Å²) < 4.78 is 0. The van der Waals surface area contributed by atoms with Gasteiger partial charge in [-0.05, 0) is 75.5 Å². The molecule has 6 atom stereocenters. The van der Waals surface area contributed by atoms with Crippen LogP contribution in [-0.2, 0) is 4.79 Å². The van der Waals surface area contributed by atoms with Crippen LogP contribution in [0.15, 0.2) is 23.8 Å². The smallest absolute Gasteiger partial charge is 0.222 e. The van der Waals surface area contributed by atoms with E-state index in [-0.39, 0.29) is 12.0 Å². The van der Waals surface area contributed by atoms with Gasteiger partial charge in [-0.25, -0.2) is 0 Å². The first-order valence-corrected chi connectivity index (χ1v) is 14.0. The minimum atomic E-state index is -0.399. The number of unbranched alkanes of at least 4 members (excludes halogenated alkanes) is 3. The zero-order valence-corrected chi connectivity index (χ0v) is 21.3. The predicted octanol–water partition coefficient (Wildman–Crippen LogP) is 6.03. The van der Waals surface area contributed by atoms with Crippen molar-refractivity contribution in [3.05, 3.63) is 23.8 Å². The Morgan fingerprint density at radius 1 is 1.18 bits per heavy atom. The summed E-state index contributed by atoms with van der Waals surface area (Å²) in [6, 6.07) is 0. The normalized spacial score (nSPS) is 29.3. The molecule has 188 valence electrons. The van der Waals surface area contributed by atoms with Crippen molar-refractivity contribution in [3.8, 4) is 0 Å². The largest absolute Gasteiger partial charge is 0.392 e. The van der Waals surface area contributed by atoms with Crippen LogP contribution in [0, 0.1) is 23.7 Å². The first-order chi connectivity index (χ1) is 16.0. The van der Waals surface area contributed by atoms with E-state index >= 15 is 0 Å². The second kappa shape index (κ2) is 13.7. The molecule has 3 rings (SSSR count). The average Bonchev–Trinajstić information content (AvgIpc) is 3.32. The molecule has 3 aliphatic rings. The van der Waals surface area contributed by atoms with Crippen molar-refractivity contribution in [2.45, 2.75) is 116 Å². The van der Waals surface area contributed by atoms with E-state index in [0.717, 1.165) is 58.0 Å². The Labute approximate surface area is 202 Å². The van der Waals surface area contributed by atoms with E-state index in [9.17, 15) is 15.0 Å². The van der Waals surface area contributed by atoms with Crippen LogP contribution in [0.5, 0.6) is 0 Å². The van der Waals surface area contributed by atoms with Gasteiger partial charge in [0.25, 0.3) is 0 Å². The lowest BCUT2D eigenvalue weighted by atomic mass is 9.88. The molecule has 2 fully saturated rings. The molecule has 2 aliphatic carbocycles. The highest BCUT2D eigenvalue weighted by Gasteiger charge is 2.43. The second-order valence-corrected chi connectivity index (χ2v) is 11.2. The number of fused-ring (bicyclic) bond motifs is 1. The molecule has 33 heavy (non-hydrogen) atoms. The SMILES string of the molecule is CCCC[C@H](C)C[C@H](O)/C=C/[C@@H]1[C@H]2CC(CCCCCC(=O)N3CCCCC3)=C[C@H]2C[C@H]1O. The Bertz CT molecular complexity index is 651. The fourth-order valence-corrected chi connectivity index (χ4v) is 6.31. The molecule has 4 nitrogen and oxygen atoms in total. The maximum absolute atomic E-state index is 12.3. The maximum atomic E-state index is 12.3. The average molecular weight is 460 g/mol. The van der Waals surface area contributed by atoms with Crippen LogP contribution >= 0.6 is 0 Å². The summed E-state index contributed by atoms with van der Waals surface area (Å²) in [5, 5.41) is 21.0. The molecule has 1 aliphatic heterocycles. The van der Waals surface area contributed by atoms with E-state index in [1.54, 1.807) is 5.57 Å². The number of carbonyl (C=O) groups excluding carboxylic acids is 1. The third-order valence-electron chi connectivity index (χ3n) is 8.30. The standard InChI is InChI=1S/C29H49NO3/c1-3-4-11-22(2)18-25(31)14-15-26-27-20-23(19-24(27)21-28(26)32)12-7-5-8-13-29(33)30-16-9-6-10-17-30/h14-15,19,22,24-28,31-32H,3-13,16-18,20-21H2,1-2H3/b15-14+/t22-,24-,25+,26+,27-,28+/m0/s1. The summed E-state index contributed by atoms with van der Waals surface area (Å²) >= 11 is 0. The quantitative estimate of drug-likeness (QED) is 0.261. The molecular formula is C29H49NO3. The van der Waals surface area contributed by atoms with Crippen LogP contribution in [0.3, 0.4) is 0 Å². The van der Waals surface area contributed by atoms with Gasteiger partial charge in [0.05, 0.1) is 12.2 Å². The molecule has 4 heteroatoms. The fourth-order valence-electron chi connectivity index (χ4n) is 6.31. The van der Waals surface area contributed by atoms with Crippen LogP contribution in [0.4, 0.5) is 0 Å². The molecule has 0 aromatic heterocycles. The highest BCUT2D eigenvalue weighted by molar-refractivity contribution is 5.76. The third-order valence-corrected chi connectivity index (χ3v) is 8.30. The first kappa shape index (κ1) is 26.5. The van der Waals surface area contributed by atoms with Gasteiger partial charge in [0, 0.05) is 25.4 Å². The Morgan fingerprint density at radius 3 is 2.73 bits per heavy atom. The van der Waals surface area contributed by atoms with E-state index in [0.29, 0.717) is 30.1 Å². The van der Waals surface area contributed by atoms with E-state index in [2.05, 4.69) is 30.9 Å². The molecular weight excluding hydrogens is 410 g/mol. The molecule has 1 saturated heterocycles. The van der Waals surface area contributed by atoms with Gasteiger partial charge in [-0.2, -0.15) is 0 Å². The highest BCUT2D eigenvalue weighted by atomic mass is 16.3.